The number of amides is 2. The molecule has 24 heavy (non-hydrogen) atoms. The normalized spacial score (nSPS) is 11.5. The molecule has 0 saturated heterocycles. The zero-order chi connectivity index (χ0) is 17.7. The highest BCUT2D eigenvalue weighted by molar-refractivity contribution is 5.94. The van der Waals surface area contributed by atoms with E-state index in [1.165, 1.54) is 6.92 Å². The van der Waals surface area contributed by atoms with Crippen molar-refractivity contribution >= 4 is 23.2 Å². The summed E-state index contributed by atoms with van der Waals surface area (Å²) in [6.07, 6.45) is -0.625. The average Bonchev–Trinajstić information content (AvgIpc) is 2.52. The number of ether oxygens (including phenoxy) is 1. The predicted molar refractivity (Wildman–Crippen MR) is 95.4 cm³/mol. The van der Waals surface area contributed by atoms with Gasteiger partial charge in [0.15, 0.2) is 6.10 Å². The Morgan fingerprint density at radius 3 is 2.12 bits per heavy atom. The second-order valence-corrected chi connectivity index (χ2v) is 5.78. The highest BCUT2D eigenvalue weighted by atomic mass is 16.5. The molecule has 0 radical (unpaired) electrons. The molecular formula is C19H22N2O3. The molecule has 2 rings (SSSR count). The fourth-order valence-corrected chi connectivity index (χ4v) is 2.16. The minimum atomic E-state index is -0.625. The van der Waals surface area contributed by atoms with Crippen LogP contribution in [0.1, 0.15) is 25.0 Å². The fraction of sp³-hybridized carbons (Fsp3) is 0.263. The van der Waals surface area contributed by atoms with Crippen LogP contribution in [0.25, 0.3) is 0 Å². The molecule has 0 aliphatic rings. The molecular weight excluding hydrogens is 304 g/mol. The minimum Gasteiger partial charge on any atom is -0.481 e. The quantitative estimate of drug-likeness (QED) is 0.881. The highest BCUT2D eigenvalue weighted by Crippen LogP contribution is 2.21. The Hall–Kier alpha value is -2.82. The summed E-state index contributed by atoms with van der Waals surface area (Å²) in [5.74, 6) is 0.337. The topological polar surface area (TPSA) is 67.4 Å². The Balaban J connectivity index is 1.98. The van der Waals surface area contributed by atoms with Gasteiger partial charge in [-0.05, 0) is 62.2 Å². The van der Waals surface area contributed by atoms with E-state index >= 15 is 0 Å². The van der Waals surface area contributed by atoms with Crippen LogP contribution >= 0.6 is 0 Å². The molecule has 2 N–H and O–H groups in total. The maximum absolute atomic E-state index is 12.3. The van der Waals surface area contributed by atoms with Crippen LogP contribution in [-0.4, -0.2) is 17.9 Å². The van der Waals surface area contributed by atoms with Crippen molar-refractivity contribution in [3.8, 4) is 5.75 Å². The lowest BCUT2D eigenvalue weighted by atomic mass is 10.1. The molecule has 0 unspecified atom stereocenters. The molecule has 0 spiro atoms. The van der Waals surface area contributed by atoms with E-state index in [0.29, 0.717) is 17.1 Å². The second kappa shape index (κ2) is 7.64. The molecule has 0 fully saturated rings. The maximum atomic E-state index is 12.3. The van der Waals surface area contributed by atoms with Gasteiger partial charge in [-0.2, -0.15) is 0 Å². The van der Waals surface area contributed by atoms with Gasteiger partial charge >= 0.3 is 0 Å². The third-order valence-electron chi connectivity index (χ3n) is 3.49. The van der Waals surface area contributed by atoms with E-state index in [2.05, 4.69) is 10.6 Å². The van der Waals surface area contributed by atoms with Crippen LogP contribution in [0.5, 0.6) is 5.75 Å². The van der Waals surface area contributed by atoms with Gasteiger partial charge in [0.1, 0.15) is 5.75 Å². The van der Waals surface area contributed by atoms with Gasteiger partial charge in [0.05, 0.1) is 0 Å². The zero-order valence-electron chi connectivity index (χ0n) is 14.3. The van der Waals surface area contributed by atoms with Crippen molar-refractivity contribution in [1.82, 2.24) is 0 Å². The number of rotatable bonds is 5. The number of hydrogen-bond donors (Lipinski definition) is 2. The second-order valence-electron chi connectivity index (χ2n) is 5.78. The van der Waals surface area contributed by atoms with E-state index in [0.717, 1.165) is 11.1 Å². The molecule has 2 aromatic rings. The summed E-state index contributed by atoms with van der Waals surface area (Å²) in [6.45, 7) is 7.08. The number of aryl methyl sites for hydroxylation is 2. The summed E-state index contributed by atoms with van der Waals surface area (Å²) < 4.78 is 5.77. The molecule has 0 bridgehead atoms. The lowest BCUT2D eigenvalue weighted by Gasteiger charge is -2.17. The summed E-state index contributed by atoms with van der Waals surface area (Å²) in [6, 6.07) is 12.8. The zero-order valence-corrected chi connectivity index (χ0v) is 14.3. The number of benzene rings is 2. The van der Waals surface area contributed by atoms with Gasteiger partial charge in [-0.25, -0.2) is 0 Å². The van der Waals surface area contributed by atoms with Crippen molar-refractivity contribution in [3.63, 3.8) is 0 Å². The van der Waals surface area contributed by atoms with Crippen LogP contribution in [0.2, 0.25) is 0 Å². The Morgan fingerprint density at radius 1 is 0.958 bits per heavy atom. The lowest BCUT2D eigenvalue weighted by Crippen LogP contribution is -2.30. The summed E-state index contributed by atoms with van der Waals surface area (Å²) in [7, 11) is 0. The maximum Gasteiger partial charge on any atom is 0.265 e. The number of carbonyl (C=O) groups excluding carboxylic acids is 2. The van der Waals surface area contributed by atoms with Crippen molar-refractivity contribution in [3.05, 3.63) is 53.6 Å². The first-order valence-electron chi connectivity index (χ1n) is 7.77. The van der Waals surface area contributed by atoms with Gasteiger partial charge in [-0.1, -0.05) is 12.1 Å². The standard InChI is InChI=1S/C19H22N2O3/c1-12-5-6-13(2)18(11-12)24-14(3)19(23)21-17-9-7-16(8-10-17)20-15(4)22/h5-11,14H,1-4H3,(H,20,22)(H,21,23)/t14-/m0/s1. The summed E-state index contributed by atoms with van der Waals surface area (Å²) in [5, 5.41) is 5.48. The number of carbonyl (C=O) groups is 2. The van der Waals surface area contributed by atoms with E-state index in [4.69, 9.17) is 4.74 Å². The third-order valence-corrected chi connectivity index (χ3v) is 3.49. The van der Waals surface area contributed by atoms with Crippen LogP contribution in [0, 0.1) is 13.8 Å². The van der Waals surface area contributed by atoms with Crippen LogP contribution in [0.3, 0.4) is 0 Å². The fourth-order valence-electron chi connectivity index (χ4n) is 2.16. The van der Waals surface area contributed by atoms with E-state index in [-0.39, 0.29) is 11.8 Å². The van der Waals surface area contributed by atoms with Crippen LogP contribution in [0.15, 0.2) is 42.5 Å². The number of hydrogen-bond acceptors (Lipinski definition) is 3. The molecule has 2 amide bonds. The summed E-state index contributed by atoms with van der Waals surface area (Å²) >= 11 is 0. The van der Waals surface area contributed by atoms with E-state index in [1.807, 2.05) is 32.0 Å². The van der Waals surface area contributed by atoms with Crippen molar-refractivity contribution in [2.45, 2.75) is 33.8 Å². The predicted octanol–water partition coefficient (Wildman–Crippen LogP) is 3.67. The van der Waals surface area contributed by atoms with Crippen molar-refractivity contribution < 1.29 is 14.3 Å². The summed E-state index contributed by atoms with van der Waals surface area (Å²) in [5.41, 5.74) is 3.39. The average molecular weight is 326 g/mol. The first-order chi connectivity index (χ1) is 11.3. The first kappa shape index (κ1) is 17.5. The Bertz CT molecular complexity index is 739. The minimum absolute atomic E-state index is 0.137. The van der Waals surface area contributed by atoms with Crippen LogP contribution < -0.4 is 15.4 Å². The van der Waals surface area contributed by atoms with E-state index < -0.39 is 6.10 Å². The SMILES string of the molecule is CC(=O)Nc1ccc(NC(=O)[C@H](C)Oc2cc(C)ccc2C)cc1. The molecule has 0 heterocycles. The first-order valence-corrected chi connectivity index (χ1v) is 7.77. The van der Waals surface area contributed by atoms with Gasteiger partial charge < -0.3 is 15.4 Å². The Morgan fingerprint density at radius 2 is 1.54 bits per heavy atom. The molecule has 5 heteroatoms. The molecule has 1 atom stereocenters. The van der Waals surface area contributed by atoms with Crippen LogP contribution in [0.4, 0.5) is 11.4 Å². The van der Waals surface area contributed by atoms with Crippen LogP contribution in [-0.2, 0) is 9.59 Å². The molecule has 0 aliphatic carbocycles. The monoisotopic (exact) mass is 326 g/mol. The van der Waals surface area contributed by atoms with Gasteiger partial charge in [-0.15, -0.1) is 0 Å². The largest absolute Gasteiger partial charge is 0.481 e. The van der Waals surface area contributed by atoms with Gasteiger partial charge in [0.25, 0.3) is 5.91 Å². The number of nitrogens with one attached hydrogen (secondary N) is 2. The molecule has 5 nitrogen and oxygen atoms in total. The van der Waals surface area contributed by atoms with E-state index in [1.54, 1.807) is 31.2 Å². The Kier molecular flexibility index (Phi) is 5.58. The Labute approximate surface area is 142 Å². The molecule has 0 aromatic heterocycles. The summed E-state index contributed by atoms with van der Waals surface area (Å²) in [4.78, 5) is 23.3. The lowest BCUT2D eigenvalue weighted by molar-refractivity contribution is -0.122. The molecule has 2 aromatic carbocycles. The molecule has 0 aliphatic heterocycles. The smallest absolute Gasteiger partial charge is 0.265 e. The van der Waals surface area contributed by atoms with Gasteiger partial charge in [0.2, 0.25) is 5.91 Å². The van der Waals surface area contributed by atoms with Crippen molar-refractivity contribution in [2.75, 3.05) is 10.6 Å². The van der Waals surface area contributed by atoms with Crippen molar-refractivity contribution in [2.24, 2.45) is 0 Å². The van der Waals surface area contributed by atoms with Gasteiger partial charge in [0, 0.05) is 18.3 Å². The van der Waals surface area contributed by atoms with Gasteiger partial charge in [-0.3, -0.25) is 9.59 Å². The highest BCUT2D eigenvalue weighted by Gasteiger charge is 2.16. The number of anilines is 2. The molecule has 126 valence electrons. The van der Waals surface area contributed by atoms with E-state index in [9.17, 15) is 9.59 Å². The molecule has 0 saturated carbocycles. The van der Waals surface area contributed by atoms with Crippen molar-refractivity contribution in [1.29, 1.82) is 0 Å². The third kappa shape index (κ3) is 4.84.